The topological polar surface area (TPSA) is 46.7 Å². The van der Waals surface area contributed by atoms with E-state index in [2.05, 4.69) is 0 Å². The maximum atomic E-state index is 11.6. The molecule has 3 nitrogen and oxygen atoms in total. The number of epoxide rings is 1. The summed E-state index contributed by atoms with van der Waals surface area (Å²) >= 11 is 0. The molecule has 0 radical (unpaired) electrons. The van der Waals surface area contributed by atoms with Crippen molar-refractivity contribution in [2.24, 2.45) is 0 Å². The second-order valence-corrected chi connectivity index (χ2v) is 6.94. The fourth-order valence-corrected chi connectivity index (χ4v) is 3.83. The van der Waals surface area contributed by atoms with Gasteiger partial charge in [0.15, 0.2) is 9.84 Å². The molecule has 0 amide bonds. The third kappa shape index (κ3) is 1.61. The molecular formula is C10H16O3S. The highest BCUT2D eigenvalue weighted by molar-refractivity contribution is 7.92. The van der Waals surface area contributed by atoms with Crippen LogP contribution in [-0.4, -0.2) is 31.1 Å². The van der Waals surface area contributed by atoms with Gasteiger partial charge >= 0.3 is 0 Å². The molecule has 2 atom stereocenters. The maximum Gasteiger partial charge on any atom is 0.160 e. The molecular weight excluding hydrogens is 200 g/mol. The van der Waals surface area contributed by atoms with Crippen LogP contribution in [0.1, 0.15) is 27.2 Å². The minimum atomic E-state index is -2.91. The largest absolute Gasteiger partial charge is 0.367 e. The lowest BCUT2D eigenvalue weighted by Crippen LogP contribution is -2.22. The SMILES string of the molecule is CC1=CCS(=O)(=O)C1CC1OC1(C)C. The number of hydrogen-bond donors (Lipinski definition) is 0. The third-order valence-electron chi connectivity index (χ3n) is 3.17. The summed E-state index contributed by atoms with van der Waals surface area (Å²) in [7, 11) is -2.91. The van der Waals surface area contributed by atoms with Crippen molar-refractivity contribution in [3.63, 3.8) is 0 Å². The smallest absolute Gasteiger partial charge is 0.160 e. The quantitative estimate of drug-likeness (QED) is 0.516. The molecule has 2 heterocycles. The van der Waals surface area contributed by atoms with Crippen LogP contribution in [0.4, 0.5) is 0 Å². The van der Waals surface area contributed by atoms with Crippen molar-refractivity contribution in [1.82, 2.24) is 0 Å². The Morgan fingerprint density at radius 2 is 2.14 bits per heavy atom. The van der Waals surface area contributed by atoms with Gasteiger partial charge in [0.2, 0.25) is 0 Å². The second-order valence-electron chi connectivity index (χ2n) is 4.71. The summed E-state index contributed by atoms with van der Waals surface area (Å²) in [6.07, 6.45) is 2.55. The maximum absolute atomic E-state index is 11.6. The van der Waals surface area contributed by atoms with Crippen molar-refractivity contribution in [2.75, 3.05) is 5.75 Å². The van der Waals surface area contributed by atoms with E-state index in [4.69, 9.17) is 4.74 Å². The van der Waals surface area contributed by atoms with Gasteiger partial charge in [0.1, 0.15) is 0 Å². The monoisotopic (exact) mass is 216 g/mol. The third-order valence-corrected chi connectivity index (χ3v) is 5.23. The summed E-state index contributed by atoms with van der Waals surface area (Å²) in [5.41, 5.74) is 0.870. The van der Waals surface area contributed by atoms with Gasteiger partial charge in [0.25, 0.3) is 0 Å². The summed E-state index contributed by atoms with van der Waals surface area (Å²) in [5.74, 6) is 0.205. The summed E-state index contributed by atoms with van der Waals surface area (Å²) in [6.45, 7) is 5.89. The highest BCUT2D eigenvalue weighted by Crippen LogP contribution is 2.41. The first kappa shape index (κ1) is 10.2. The minimum Gasteiger partial charge on any atom is -0.367 e. The average molecular weight is 216 g/mol. The Balaban J connectivity index is 2.08. The molecule has 1 fully saturated rings. The number of ether oxygens (including phenoxy) is 1. The van der Waals surface area contributed by atoms with Gasteiger partial charge in [-0.1, -0.05) is 11.6 Å². The zero-order chi connectivity index (χ0) is 10.6. The lowest BCUT2D eigenvalue weighted by atomic mass is 10.0. The summed E-state index contributed by atoms with van der Waals surface area (Å²) in [4.78, 5) is 0. The molecule has 2 rings (SSSR count). The van der Waals surface area contributed by atoms with Crippen molar-refractivity contribution in [1.29, 1.82) is 0 Å². The van der Waals surface area contributed by atoms with Crippen molar-refractivity contribution in [2.45, 2.75) is 44.1 Å². The van der Waals surface area contributed by atoms with Gasteiger partial charge in [-0.25, -0.2) is 8.42 Å². The zero-order valence-electron chi connectivity index (χ0n) is 8.78. The van der Waals surface area contributed by atoms with Crippen molar-refractivity contribution in [3.8, 4) is 0 Å². The normalized spacial score (nSPS) is 38.1. The van der Waals surface area contributed by atoms with E-state index in [9.17, 15) is 8.42 Å². The Hall–Kier alpha value is -0.350. The van der Waals surface area contributed by atoms with Gasteiger partial charge in [-0.05, 0) is 27.2 Å². The van der Waals surface area contributed by atoms with Crippen LogP contribution < -0.4 is 0 Å². The molecule has 0 aromatic heterocycles. The van der Waals surface area contributed by atoms with Gasteiger partial charge in [0, 0.05) is 0 Å². The predicted octanol–water partition coefficient (Wildman–Crippen LogP) is 1.30. The van der Waals surface area contributed by atoms with Crippen molar-refractivity contribution >= 4 is 9.84 Å². The first-order valence-electron chi connectivity index (χ1n) is 4.89. The van der Waals surface area contributed by atoms with Gasteiger partial charge in [-0.15, -0.1) is 0 Å². The van der Waals surface area contributed by atoms with Crippen molar-refractivity contribution in [3.05, 3.63) is 11.6 Å². The van der Waals surface area contributed by atoms with Crippen LogP contribution in [0.25, 0.3) is 0 Å². The molecule has 4 heteroatoms. The Morgan fingerprint density at radius 3 is 2.50 bits per heavy atom. The van der Waals surface area contributed by atoms with E-state index < -0.39 is 9.84 Å². The van der Waals surface area contributed by atoms with E-state index in [1.807, 2.05) is 26.8 Å². The average Bonchev–Trinajstić information content (AvgIpc) is 2.56. The van der Waals surface area contributed by atoms with E-state index >= 15 is 0 Å². The van der Waals surface area contributed by atoms with Crippen LogP contribution in [0.3, 0.4) is 0 Å². The molecule has 0 N–H and O–H groups in total. The van der Waals surface area contributed by atoms with Crippen LogP contribution in [-0.2, 0) is 14.6 Å². The Kier molecular flexibility index (Phi) is 2.05. The van der Waals surface area contributed by atoms with Gasteiger partial charge < -0.3 is 4.74 Å². The molecule has 2 aliphatic rings. The molecule has 0 aromatic carbocycles. The minimum absolute atomic E-state index is 0.113. The van der Waals surface area contributed by atoms with Crippen LogP contribution in [0.15, 0.2) is 11.6 Å². The number of hydrogen-bond acceptors (Lipinski definition) is 3. The molecule has 1 saturated heterocycles. The molecule has 0 aromatic rings. The molecule has 14 heavy (non-hydrogen) atoms. The predicted molar refractivity (Wildman–Crippen MR) is 54.9 cm³/mol. The van der Waals surface area contributed by atoms with E-state index in [1.54, 1.807) is 0 Å². The highest BCUT2D eigenvalue weighted by atomic mass is 32.2. The van der Waals surface area contributed by atoms with Crippen LogP contribution in [0.5, 0.6) is 0 Å². The van der Waals surface area contributed by atoms with Crippen LogP contribution in [0, 0.1) is 0 Å². The number of sulfone groups is 1. The zero-order valence-corrected chi connectivity index (χ0v) is 9.60. The summed E-state index contributed by atoms with van der Waals surface area (Å²) in [5, 5.41) is -0.297. The fraction of sp³-hybridized carbons (Fsp3) is 0.800. The molecule has 2 unspecified atom stereocenters. The van der Waals surface area contributed by atoms with Crippen LogP contribution in [0.2, 0.25) is 0 Å². The van der Waals surface area contributed by atoms with E-state index in [1.165, 1.54) is 0 Å². The Bertz CT molecular complexity index is 378. The number of rotatable bonds is 2. The second kappa shape index (κ2) is 2.83. The molecule has 0 aliphatic carbocycles. The molecule has 0 bridgehead atoms. The van der Waals surface area contributed by atoms with Gasteiger partial charge in [-0.3, -0.25) is 0 Å². The standard InChI is InChI=1S/C10H16O3S/c1-7-4-5-14(11,12)8(7)6-9-10(2,3)13-9/h4,8-9H,5-6H2,1-3H3. The van der Waals surface area contributed by atoms with E-state index in [0.717, 1.165) is 5.57 Å². The van der Waals surface area contributed by atoms with Crippen LogP contribution >= 0.6 is 0 Å². The lowest BCUT2D eigenvalue weighted by Gasteiger charge is -2.10. The van der Waals surface area contributed by atoms with Gasteiger partial charge in [-0.2, -0.15) is 0 Å². The Labute approximate surface area is 85.1 Å². The molecule has 0 saturated carbocycles. The first-order valence-corrected chi connectivity index (χ1v) is 6.60. The van der Waals surface area contributed by atoms with E-state index in [0.29, 0.717) is 6.42 Å². The highest BCUT2D eigenvalue weighted by Gasteiger charge is 2.50. The fourth-order valence-electron chi connectivity index (χ4n) is 1.97. The van der Waals surface area contributed by atoms with E-state index in [-0.39, 0.29) is 22.7 Å². The first-order chi connectivity index (χ1) is 6.33. The summed E-state index contributed by atoms with van der Waals surface area (Å²) < 4.78 is 28.7. The molecule has 2 aliphatic heterocycles. The van der Waals surface area contributed by atoms with Crippen molar-refractivity contribution < 1.29 is 13.2 Å². The van der Waals surface area contributed by atoms with Gasteiger partial charge in [0.05, 0.1) is 22.7 Å². The Morgan fingerprint density at radius 1 is 1.57 bits per heavy atom. The molecule has 0 spiro atoms. The lowest BCUT2D eigenvalue weighted by molar-refractivity contribution is 0.320. The summed E-state index contributed by atoms with van der Waals surface area (Å²) in [6, 6.07) is 0. The molecule has 80 valence electrons.